The van der Waals surface area contributed by atoms with Crippen molar-refractivity contribution in [3.63, 3.8) is 0 Å². The van der Waals surface area contributed by atoms with Crippen molar-refractivity contribution < 1.29 is 24.6 Å². The molecular formula is C35H42N8O5. The molecule has 2 aromatic heterocycles. The smallest absolute Gasteiger partial charge is 0.335 e. The van der Waals surface area contributed by atoms with Crippen LogP contribution in [0.4, 0.5) is 28.7 Å². The number of fused-ring (bicyclic) bond motifs is 6. The van der Waals surface area contributed by atoms with E-state index in [0.29, 0.717) is 5.56 Å². The molecule has 252 valence electrons. The number of piperazine rings is 1. The van der Waals surface area contributed by atoms with Crippen molar-refractivity contribution in [3.05, 3.63) is 65.5 Å². The molecule has 3 aromatic rings. The Labute approximate surface area is 279 Å². The van der Waals surface area contributed by atoms with Gasteiger partial charge in [-0.2, -0.15) is 0 Å². The minimum Gasteiger partial charge on any atom is -0.478 e. The number of nitrogens with zero attached hydrogens (tertiary/aromatic N) is 6. The standard InChI is InChI=1S/C23H27N5O3.C12H15N3O2/c29-22-20-3-1-2-8-28(20)21-19(25-22)13-16(14-24-21)15-26-9-11-27(12-10-26)18-6-4-17(5-7-18)23(30)31;16-7-8-5-9-11(13-6-8)15-4-2-1-3-10(15)12(17)14-9/h4-7,13-14,20H,1-3,8-12,15H2,(H,25,29)(H,30,31);5-6,10,16H,1-4,7H2,(H,14,17)/t;10-/m.0/s1. The molecule has 8 rings (SSSR count). The zero-order valence-electron chi connectivity index (χ0n) is 27.0. The topological polar surface area (TPSA) is 154 Å². The number of carbonyl (C=O) groups is 3. The first kappa shape index (κ1) is 31.8. The third-order valence-electron chi connectivity index (χ3n) is 9.96. The Kier molecular flexibility index (Phi) is 9.13. The summed E-state index contributed by atoms with van der Waals surface area (Å²) in [5, 5.41) is 24.1. The van der Waals surface area contributed by atoms with Crippen LogP contribution in [0.3, 0.4) is 0 Å². The number of aromatic nitrogens is 2. The van der Waals surface area contributed by atoms with Gasteiger partial charge in [0.15, 0.2) is 11.6 Å². The summed E-state index contributed by atoms with van der Waals surface area (Å²) in [6.07, 6.45) is 9.81. The summed E-state index contributed by atoms with van der Waals surface area (Å²) in [4.78, 5) is 53.5. The number of benzene rings is 1. The molecule has 2 amide bonds. The number of hydrogen-bond acceptors (Lipinski definition) is 10. The molecule has 3 fully saturated rings. The normalized spacial score (nSPS) is 21.8. The number of aromatic carboxylic acids is 1. The second kappa shape index (κ2) is 13.8. The van der Waals surface area contributed by atoms with Gasteiger partial charge in [0.05, 0.1) is 23.5 Å². The SMILES string of the molecule is O=C(O)c1ccc(N2CCN(Cc3cnc4c(c3)NC(=O)C3CCCCN43)CC2)cc1.O=C1Nc2cc(CO)cnc2N2CCCC[C@@H]12. The van der Waals surface area contributed by atoms with E-state index >= 15 is 0 Å². The average molecular weight is 655 g/mol. The fourth-order valence-corrected chi connectivity index (χ4v) is 7.40. The summed E-state index contributed by atoms with van der Waals surface area (Å²) in [5.74, 6) is 0.985. The molecule has 0 radical (unpaired) electrons. The van der Waals surface area contributed by atoms with Gasteiger partial charge in [-0.05, 0) is 86.1 Å². The summed E-state index contributed by atoms with van der Waals surface area (Å²) in [6, 6.07) is 10.8. The van der Waals surface area contributed by atoms with E-state index in [1.165, 1.54) is 0 Å². The van der Waals surface area contributed by atoms with Crippen LogP contribution < -0.4 is 25.3 Å². The monoisotopic (exact) mass is 654 g/mol. The Morgan fingerprint density at radius 1 is 0.750 bits per heavy atom. The van der Waals surface area contributed by atoms with E-state index < -0.39 is 5.97 Å². The Balaban J connectivity index is 0.000000180. The van der Waals surface area contributed by atoms with Crippen molar-refractivity contribution in [2.45, 2.75) is 63.8 Å². The van der Waals surface area contributed by atoms with E-state index in [1.807, 2.05) is 18.3 Å². The van der Waals surface area contributed by atoms with E-state index in [4.69, 9.17) is 15.2 Å². The van der Waals surface area contributed by atoms with Crippen LogP contribution in [0.2, 0.25) is 0 Å². The van der Waals surface area contributed by atoms with E-state index in [0.717, 1.165) is 124 Å². The lowest BCUT2D eigenvalue weighted by Crippen LogP contribution is -2.51. The molecule has 0 saturated carbocycles. The van der Waals surface area contributed by atoms with Crippen LogP contribution in [-0.4, -0.2) is 94.2 Å². The van der Waals surface area contributed by atoms with Crippen molar-refractivity contribution >= 4 is 46.5 Å². The summed E-state index contributed by atoms with van der Waals surface area (Å²) < 4.78 is 0. The molecule has 13 nitrogen and oxygen atoms in total. The molecule has 4 N–H and O–H groups in total. The lowest BCUT2D eigenvalue weighted by atomic mass is 9.99. The van der Waals surface area contributed by atoms with Gasteiger partial charge in [0.25, 0.3) is 0 Å². The highest BCUT2D eigenvalue weighted by molar-refractivity contribution is 6.03. The summed E-state index contributed by atoms with van der Waals surface area (Å²) >= 11 is 0. The summed E-state index contributed by atoms with van der Waals surface area (Å²) in [6.45, 7) is 6.12. The Morgan fingerprint density at radius 3 is 1.83 bits per heavy atom. The zero-order valence-corrected chi connectivity index (χ0v) is 27.0. The number of rotatable bonds is 5. The largest absolute Gasteiger partial charge is 0.478 e. The number of hydrogen-bond donors (Lipinski definition) is 4. The number of amides is 2. The molecule has 0 spiro atoms. The van der Waals surface area contributed by atoms with Gasteiger partial charge in [-0.15, -0.1) is 0 Å². The Morgan fingerprint density at radius 2 is 1.29 bits per heavy atom. The maximum Gasteiger partial charge on any atom is 0.335 e. The summed E-state index contributed by atoms with van der Waals surface area (Å²) in [5.41, 5.74) is 4.75. The first-order chi connectivity index (χ1) is 23.4. The third kappa shape index (κ3) is 6.52. The van der Waals surface area contributed by atoms with Gasteiger partial charge in [-0.1, -0.05) is 0 Å². The molecule has 3 saturated heterocycles. The van der Waals surface area contributed by atoms with Crippen molar-refractivity contribution in [3.8, 4) is 0 Å². The van der Waals surface area contributed by atoms with Gasteiger partial charge in [-0.3, -0.25) is 14.5 Å². The minimum atomic E-state index is -0.901. The van der Waals surface area contributed by atoms with Crippen LogP contribution in [0.15, 0.2) is 48.8 Å². The van der Waals surface area contributed by atoms with Crippen molar-refractivity contribution in [1.82, 2.24) is 14.9 Å². The van der Waals surface area contributed by atoms with Gasteiger partial charge in [0.2, 0.25) is 11.8 Å². The fourth-order valence-electron chi connectivity index (χ4n) is 7.40. The summed E-state index contributed by atoms with van der Waals surface area (Å²) in [7, 11) is 0. The van der Waals surface area contributed by atoms with Gasteiger partial charge >= 0.3 is 5.97 Å². The van der Waals surface area contributed by atoms with Crippen molar-refractivity contribution in [2.24, 2.45) is 0 Å². The molecule has 7 heterocycles. The molecule has 0 bridgehead atoms. The van der Waals surface area contributed by atoms with Crippen LogP contribution in [0.25, 0.3) is 0 Å². The average Bonchev–Trinajstić information content (AvgIpc) is 3.12. The lowest BCUT2D eigenvalue weighted by molar-refractivity contribution is -0.118. The predicted molar refractivity (Wildman–Crippen MR) is 183 cm³/mol. The number of carboxylic acids is 1. The molecule has 13 heteroatoms. The first-order valence-electron chi connectivity index (χ1n) is 16.9. The number of piperidine rings is 2. The molecule has 2 atom stereocenters. The third-order valence-corrected chi connectivity index (χ3v) is 9.96. The molecule has 5 aliphatic rings. The highest BCUT2D eigenvalue weighted by Gasteiger charge is 2.36. The van der Waals surface area contributed by atoms with E-state index in [2.05, 4.69) is 41.3 Å². The van der Waals surface area contributed by atoms with Crippen LogP contribution in [0.5, 0.6) is 0 Å². The molecule has 1 unspecified atom stereocenters. The number of aliphatic hydroxyl groups is 1. The molecule has 1 aromatic carbocycles. The van der Waals surface area contributed by atoms with Gasteiger partial charge in [-0.25, -0.2) is 14.8 Å². The highest BCUT2D eigenvalue weighted by atomic mass is 16.4. The van der Waals surface area contributed by atoms with Crippen LogP contribution in [-0.2, 0) is 22.7 Å². The number of carbonyl (C=O) groups excluding carboxylic acids is 2. The van der Waals surface area contributed by atoms with Crippen LogP contribution in [0, 0.1) is 0 Å². The van der Waals surface area contributed by atoms with E-state index in [1.54, 1.807) is 24.4 Å². The number of nitrogens with one attached hydrogen (secondary N) is 2. The second-order valence-corrected chi connectivity index (χ2v) is 13.1. The fraction of sp³-hybridized carbons (Fsp3) is 0.457. The zero-order chi connectivity index (χ0) is 33.2. The van der Waals surface area contributed by atoms with Crippen molar-refractivity contribution in [1.29, 1.82) is 0 Å². The predicted octanol–water partition coefficient (Wildman–Crippen LogP) is 3.30. The number of carboxylic acid groups (broad SMARTS) is 1. The van der Waals surface area contributed by atoms with Crippen LogP contribution in [0.1, 0.15) is 60.0 Å². The molecule has 0 aliphatic carbocycles. The van der Waals surface area contributed by atoms with Crippen LogP contribution >= 0.6 is 0 Å². The van der Waals surface area contributed by atoms with Gasteiger partial charge in [0.1, 0.15) is 12.1 Å². The minimum absolute atomic E-state index is 0.0501. The Bertz CT molecular complexity index is 1680. The van der Waals surface area contributed by atoms with E-state index in [-0.39, 0.29) is 30.5 Å². The van der Waals surface area contributed by atoms with Gasteiger partial charge < -0.3 is 35.5 Å². The first-order valence-corrected chi connectivity index (χ1v) is 16.9. The number of aliphatic hydroxyl groups excluding tert-OH is 1. The maximum atomic E-state index is 12.5. The van der Waals surface area contributed by atoms with Gasteiger partial charge in [0, 0.05) is 63.9 Å². The molecule has 48 heavy (non-hydrogen) atoms. The lowest BCUT2D eigenvalue weighted by Gasteiger charge is -2.40. The number of anilines is 5. The number of pyridine rings is 2. The van der Waals surface area contributed by atoms with Crippen molar-refractivity contribution in [2.75, 3.05) is 64.6 Å². The quantitative estimate of drug-likeness (QED) is 0.321. The molecular weight excluding hydrogens is 612 g/mol. The van der Waals surface area contributed by atoms with E-state index in [9.17, 15) is 14.4 Å². The highest BCUT2D eigenvalue weighted by Crippen LogP contribution is 2.36. The maximum absolute atomic E-state index is 12.5. The molecule has 5 aliphatic heterocycles. The second-order valence-electron chi connectivity index (χ2n) is 13.1. The Hall–Kier alpha value is -4.75.